The smallest absolute Gasteiger partial charge is 0.275 e. The summed E-state index contributed by atoms with van der Waals surface area (Å²) < 4.78 is 5.04. The molecule has 0 heterocycles. The zero-order valence-corrected chi connectivity index (χ0v) is 9.62. The molecule has 0 aromatic heterocycles. The molecule has 0 aliphatic carbocycles. The van der Waals surface area contributed by atoms with Crippen LogP contribution in [0.3, 0.4) is 0 Å². The highest BCUT2D eigenvalue weighted by Crippen LogP contribution is 2.18. The number of hydrogen-bond donors (Lipinski definition) is 1. The van der Waals surface area contributed by atoms with Gasteiger partial charge in [-0.2, -0.15) is 0 Å². The summed E-state index contributed by atoms with van der Waals surface area (Å²) in [4.78, 5) is 21.5. The summed E-state index contributed by atoms with van der Waals surface area (Å²) in [5.41, 5.74) is -1.54. The van der Waals surface area contributed by atoms with Gasteiger partial charge < -0.3 is 9.84 Å². The molecule has 4 heteroatoms. The van der Waals surface area contributed by atoms with Gasteiger partial charge >= 0.3 is 0 Å². The van der Waals surface area contributed by atoms with Crippen molar-refractivity contribution in [2.45, 2.75) is 45.4 Å². The van der Waals surface area contributed by atoms with Crippen molar-refractivity contribution in [1.29, 1.82) is 0 Å². The monoisotopic (exact) mass is 226 g/mol. The van der Waals surface area contributed by atoms with Crippen molar-refractivity contribution in [2.24, 2.45) is 0 Å². The highest BCUT2D eigenvalue weighted by molar-refractivity contribution is 5.44. The Morgan fingerprint density at radius 2 is 1.62 bits per heavy atom. The average Bonchev–Trinajstić information content (AvgIpc) is 2.31. The first-order chi connectivity index (χ1) is 7.68. The molecule has 1 N–H and O–H groups in total. The van der Waals surface area contributed by atoms with E-state index in [4.69, 9.17) is 9.84 Å². The van der Waals surface area contributed by atoms with Crippen LogP contribution in [-0.4, -0.2) is 11.7 Å². The summed E-state index contributed by atoms with van der Waals surface area (Å²) in [5, 5.41) is 9.00. The number of ether oxygens (including phenoxy) is 1. The first-order valence-electron chi connectivity index (χ1n) is 5.83. The van der Waals surface area contributed by atoms with Gasteiger partial charge in [-0.1, -0.05) is 39.0 Å². The van der Waals surface area contributed by atoms with E-state index in [1.165, 1.54) is 19.3 Å². The Hall–Kier alpha value is -1.32. The lowest BCUT2D eigenvalue weighted by Gasteiger charge is -2.07. The highest BCUT2D eigenvalue weighted by Gasteiger charge is 2.21. The molecule has 1 aromatic carbocycles. The first kappa shape index (κ1) is 12.7. The number of aromatic hydroxyl groups is 1. The largest absolute Gasteiger partial charge is 0.501 e. The molecular formula is C12H18O4. The molecule has 0 radical (unpaired) electrons. The van der Waals surface area contributed by atoms with Crippen LogP contribution in [0.1, 0.15) is 45.4 Å². The Morgan fingerprint density at radius 3 is 2.25 bits per heavy atom. The van der Waals surface area contributed by atoms with E-state index in [1.54, 1.807) is 0 Å². The molecule has 0 amide bonds. The molecule has 0 saturated carbocycles. The SMILES string of the molecule is CCCCCCCCOc1c(O)c(=O)c1=O. The molecule has 0 fully saturated rings. The quantitative estimate of drug-likeness (QED) is 0.541. The van der Waals surface area contributed by atoms with E-state index in [0.717, 1.165) is 19.3 Å². The van der Waals surface area contributed by atoms with E-state index < -0.39 is 16.6 Å². The molecule has 0 spiro atoms. The van der Waals surface area contributed by atoms with Gasteiger partial charge in [0.15, 0.2) is 0 Å². The van der Waals surface area contributed by atoms with Crippen LogP contribution in [0.4, 0.5) is 0 Å². The van der Waals surface area contributed by atoms with E-state index in [9.17, 15) is 9.59 Å². The van der Waals surface area contributed by atoms with Crippen molar-refractivity contribution >= 4 is 0 Å². The molecule has 0 atom stereocenters. The maximum Gasteiger partial charge on any atom is 0.275 e. The van der Waals surface area contributed by atoms with Gasteiger partial charge in [-0.15, -0.1) is 0 Å². The summed E-state index contributed by atoms with van der Waals surface area (Å²) in [7, 11) is 0. The molecule has 16 heavy (non-hydrogen) atoms. The Bertz CT molecular complexity index is 388. The van der Waals surface area contributed by atoms with E-state index in [0.29, 0.717) is 6.61 Å². The van der Waals surface area contributed by atoms with Crippen LogP contribution >= 0.6 is 0 Å². The first-order valence-corrected chi connectivity index (χ1v) is 5.83. The average molecular weight is 226 g/mol. The molecule has 0 aliphatic rings. The van der Waals surface area contributed by atoms with E-state index in [-0.39, 0.29) is 5.75 Å². The molecule has 1 rings (SSSR count). The Kier molecular flexibility index (Phi) is 5.02. The fourth-order valence-corrected chi connectivity index (χ4v) is 1.55. The molecule has 4 nitrogen and oxygen atoms in total. The second-order valence-electron chi connectivity index (χ2n) is 3.95. The fraction of sp³-hybridized carbons (Fsp3) is 0.667. The van der Waals surface area contributed by atoms with Crippen molar-refractivity contribution in [3.63, 3.8) is 0 Å². The summed E-state index contributed by atoms with van der Waals surface area (Å²) in [5.74, 6) is -0.672. The molecule has 0 aliphatic heterocycles. The van der Waals surface area contributed by atoms with Crippen molar-refractivity contribution < 1.29 is 9.84 Å². The van der Waals surface area contributed by atoms with Crippen LogP contribution in [0.2, 0.25) is 0 Å². The zero-order chi connectivity index (χ0) is 12.0. The topological polar surface area (TPSA) is 63.6 Å². The maximum atomic E-state index is 10.9. The Morgan fingerprint density at radius 1 is 1.00 bits per heavy atom. The lowest BCUT2D eigenvalue weighted by atomic mass is 10.1. The van der Waals surface area contributed by atoms with Gasteiger partial charge in [-0.25, -0.2) is 0 Å². The minimum absolute atomic E-state index is 0.154. The molecule has 90 valence electrons. The normalized spacial score (nSPS) is 10.8. The van der Waals surface area contributed by atoms with E-state index in [2.05, 4.69) is 6.92 Å². The third kappa shape index (κ3) is 3.08. The van der Waals surface area contributed by atoms with Gasteiger partial charge in [-0.3, -0.25) is 9.59 Å². The van der Waals surface area contributed by atoms with Crippen LogP contribution in [-0.2, 0) is 0 Å². The minimum atomic E-state index is -0.835. The number of rotatable bonds is 8. The molecule has 0 saturated heterocycles. The fourth-order valence-electron chi connectivity index (χ4n) is 1.55. The maximum absolute atomic E-state index is 10.9. The summed E-state index contributed by atoms with van der Waals surface area (Å²) in [6, 6.07) is 0. The Labute approximate surface area is 94.6 Å². The second-order valence-corrected chi connectivity index (χ2v) is 3.95. The summed E-state index contributed by atoms with van der Waals surface area (Å²) >= 11 is 0. The molecule has 0 bridgehead atoms. The Balaban J connectivity index is 2.09. The number of unbranched alkanes of at least 4 members (excludes halogenated alkanes) is 5. The van der Waals surface area contributed by atoms with Crippen molar-refractivity contribution in [3.8, 4) is 11.5 Å². The highest BCUT2D eigenvalue weighted by atomic mass is 16.5. The van der Waals surface area contributed by atoms with E-state index >= 15 is 0 Å². The molecule has 0 unspecified atom stereocenters. The van der Waals surface area contributed by atoms with Gasteiger partial charge in [0.25, 0.3) is 10.9 Å². The van der Waals surface area contributed by atoms with Crippen LogP contribution < -0.4 is 15.6 Å². The minimum Gasteiger partial charge on any atom is -0.501 e. The molecule has 1 aromatic rings. The van der Waals surface area contributed by atoms with Gasteiger partial charge in [0.1, 0.15) is 0 Å². The van der Waals surface area contributed by atoms with Gasteiger partial charge in [-0.05, 0) is 6.42 Å². The third-order valence-corrected chi connectivity index (χ3v) is 2.59. The predicted octanol–water partition coefficient (Wildman–Crippen LogP) is 1.73. The van der Waals surface area contributed by atoms with Crippen molar-refractivity contribution in [2.75, 3.05) is 6.61 Å². The van der Waals surface area contributed by atoms with E-state index in [1.807, 2.05) is 0 Å². The van der Waals surface area contributed by atoms with Gasteiger partial charge in [0, 0.05) is 0 Å². The van der Waals surface area contributed by atoms with Crippen molar-refractivity contribution in [1.82, 2.24) is 0 Å². The zero-order valence-electron chi connectivity index (χ0n) is 9.62. The summed E-state index contributed by atoms with van der Waals surface area (Å²) in [6.45, 7) is 2.56. The second kappa shape index (κ2) is 6.30. The standard InChI is InChI=1S/C12H18O4/c1-2-3-4-5-6-7-8-16-12-10(14)9(13)11(12)15/h14H,2-8H2,1H3. The van der Waals surface area contributed by atoms with Crippen LogP contribution in [0.15, 0.2) is 9.59 Å². The third-order valence-electron chi connectivity index (χ3n) is 2.59. The lowest BCUT2D eigenvalue weighted by molar-refractivity contribution is 0.279. The molecular weight excluding hydrogens is 208 g/mol. The number of hydrogen-bond acceptors (Lipinski definition) is 4. The van der Waals surface area contributed by atoms with Crippen LogP contribution in [0.5, 0.6) is 11.5 Å². The van der Waals surface area contributed by atoms with Crippen LogP contribution in [0.25, 0.3) is 0 Å². The summed E-state index contributed by atoms with van der Waals surface area (Å²) in [6.07, 6.45) is 6.75. The van der Waals surface area contributed by atoms with Crippen molar-refractivity contribution in [3.05, 3.63) is 20.4 Å². The van der Waals surface area contributed by atoms with Crippen LogP contribution in [0, 0.1) is 0 Å². The lowest BCUT2D eigenvalue weighted by Crippen LogP contribution is -2.31. The van der Waals surface area contributed by atoms with Gasteiger partial charge in [0.05, 0.1) is 6.61 Å². The van der Waals surface area contributed by atoms with Gasteiger partial charge in [0.2, 0.25) is 11.5 Å². The predicted molar refractivity (Wildman–Crippen MR) is 61.9 cm³/mol.